The van der Waals surface area contributed by atoms with Crippen LogP contribution in [0.1, 0.15) is 43.9 Å². The van der Waals surface area contributed by atoms with Crippen LogP contribution in [-0.4, -0.2) is 55.1 Å². The van der Waals surface area contributed by atoms with E-state index in [9.17, 15) is 0 Å². The molecule has 3 nitrogen and oxygen atoms in total. The fraction of sp³-hybridized carbons (Fsp3) is 0.520. The molecule has 0 aliphatic carbocycles. The van der Waals surface area contributed by atoms with E-state index in [0.29, 0.717) is 6.04 Å². The van der Waals surface area contributed by atoms with Gasteiger partial charge in [-0.05, 0) is 49.4 Å². The van der Waals surface area contributed by atoms with Crippen LogP contribution in [0.5, 0.6) is 0 Å². The van der Waals surface area contributed by atoms with Crippen LogP contribution in [0.4, 0.5) is 5.69 Å². The summed E-state index contributed by atoms with van der Waals surface area (Å²) in [6.45, 7) is 11.7. The van der Waals surface area contributed by atoms with Crippen LogP contribution in [0.3, 0.4) is 0 Å². The van der Waals surface area contributed by atoms with E-state index in [2.05, 4.69) is 83.1 Å². The Labute approximate surface area is 171 Å². The molecule has 0 spiro atoms. The first-order chi connectivity index (χ1) is 13.7. The fourth-order valence-electron chi connectivity index (χ4n) is 4.87. The van der Waals surface area contributed by atoms with Crippen molar-refractivity contribution >= 4 is 5.69 Å². The minimum absolute atomic E-state index is 0.532. The third kappa shape index (κ3) is 4.42. The van der Waals surface area contributed by atoms with Crippen LogP contribution in [0.25, 0.3) is 0 Å². The molecule has 2 aromatic rings. The second-order valence-electron chi connectivity index (χ2n) is 8.40. The Kier molecular flexibility index (Phi) is 6.33. The van der Waals surface area contributed by atoms with Crippen LogP contribution < -0.4 is 4.90 Å². The number of aryl methyl sites for hydroxylation is 1. The van der Waals surface area contributed by atoms with E-state index >= 15 is 0 Å². The van der Waals surface area contributed by atoms with Crippen molar-refractivity contribution in [1.29, 1.82) is 0 Å². The number of hydrogen-bond donors (Lipinski definition) is 0. The lowest BCUT2D eigenvalue weighted by Gasteiger charge is -2.44. The van der Waals surface area contributed by atoms with E-state index in [0.717, 1.165) is 25.6 Å². The summed E-state index contributed by atoms with van der Waals surface area (Å²) in [5, 5.41) is 0. The highest BCUT2D eigenvalue weighted by Crippen LogP contribution is 2.27. The highest BCUT2D eigenvalue weighted by Gasteiger charge is 2.29. The van der Waals surface area contributed by atoms with Crippen molar-refractivity contribution in [3.05, 3.63) is 65.7 Å². The van der Waals surface area contributed by atoms with Gasteiger partial charge in [-0.25, -0.2) is 0 Å². The Hall–Kier alpha value is -1.84. The van der Waals surface area contributed by atoms with E-state index in [-0.39, 0.29) is 0 Å². The van der Waals surface area contributed by atoms with Gasteiger partial charge in [-0.15, -0.1) is 0 Å². The summed E-state index contributed by atoms with van der Waals surface area (Å²) in [5.74, 6) is 0. The Morgan fingerprint density at radius 1 is 0.821 bits per heavy atom. The molecule has 2 saturated heterocycles. The number of piperidine rings is 1. The first kappa shape index (κ1) is 19.5. The molecular formula is C25H35N3. The number of hydrogen-bond acceptors (Lipinski definition) is 3. The Balaban J connectivity index is 1.26. The van der Waals surface area contributed by atoms with Crippen LogP contribution >= 0.6 is 0 Å². The van der Waals surface area contributed by atoms with Crippen LogP contribution in [0.15, 0.2) is 54.6 Å². The zero-order chi connectivity index (χ0) is 19.3. The molecule has 28 heavy (non-hydrogen) atoms. The van der Waals surface area contributed by atoms with Crippen molar-refractivity contribution in [2.24, 2.45) is 0 Å². The summed E-state index contributed by atoms with van der Waals surface area (Å²) in [6, 6.07) is 21.4. The Morgan fingerprint density at radius 2 is 1.46 bits per heavy atom. The fourth-order valence-corrected chi connectivity index (χ4v) is 4.87. The van der Waals surface area contributed by atoms with Crippen LogP contribution in [0, 0.1) is 0 Å². The molecule has 2 aromatic carbocycles. The molecule has 0 bridgehead atoms. The van der Waals surface area contributed by atoms with Gasteiger partial charge in [-0.3, -0.25) is 9.80 Å². The van der Waals surface area contributed by atoms with E-state index in [1.807, 2.05) is 0 Å². The molecule has 0 aromatic heterocycles. The lowest BCUT2D eigenvalue weighted by atomic mass is 9.98. The lowest BCUT2D eigenvalue weighted by molar-refractivity contribution is 0.0840. The molecule has 3 heteroatoms. The summed E-state index contributed by atoms with van der Waals surface area (Å²) >= 11 is 0. The van der Waals surface area contributed by atoms with Gasteiger partial charge in [0.25, 0.3) is 0 Å². The van der Waals surface area contributed by atoms with Gasteiger partial charge in [-0.2, -0.15) is 0 Å². The summed E-state index contributed by atoms with van der Waals surface area (Å²) in [4.78, 5) is 7.97. The molecule has 4 rings (SSSR count). The van der Waals surface area contributed by atoms with Gasteiger partial charge >= 0.3 is 0 Å². The lowest BCUT2D eigenvalue weighted by Crippen LogP contribution is -2.53. The standard InChI is InChI=1S/C25H35N3/c1-3-22-9-11-24(12-10-22)27-17-19-28(20-18-27)25-13-15-26(16-14-25)21(2)23-7-5-4-6-8-23/h4-12,21,25H,3,13-20H2,1-2H3. The average molecular weight is 378 g/mol. The maximum Gasteiger partial charge on any atom is 0.0367 e. The first-order valence-corrected chi connectivity index (χ1v) is 11.1. The summed E-state index contributed by atoms with van der Waals surface area (Å²) in [6.07, 6.45) is 3.74. The van der Waals surface area contributed by atoms with Crippen molar-refractivity contribution in [2.75, 3.05) is 44.2 Å². The zero-order valence-electron chi connectivity index (χ0n) is 17.6. The minimum Gasteiger partial charge on any atom is -0.369 e. The number of anilines is 1. The third-order valence-corrected chi connectivity index (χ3v) is 6.87. The number of rotatable bonds is 5. The smallest absolute Gasteiger partial charge is 0.0367 e. The summed E-state index contributed by atoms with van der Waals surface area (Å²) < 4.78 is 0. The maximum absolute atomic E-state index is 2.75. The maximum atomic E-state index is 2.75. The molecule has 1 unspecified atom stereocenters. The largest absolute Gasteiger partial charge is 0.369 e. The monoisotopic (exact) mass is 377 g/mol. The molecule has 2 aliphatic rings. The molecule has 2 heterocycles. The van der Waals surface area contributed by atoms with Gasteiger partial charge in [0.2, 0.25) is 0 Å². The SMILES string of the molecule is CCc1ccc(N2CCN(C3CCN(C(C)c4ccccc4)CC3)CC2)cc1. The number of benzene rings is 2. The molecule has 0 N–H and O–H groups in total. The number of nitrogens with zero attached hydrogens (tertiary/aromatic N) is 3. The summed E-state index contributed by atoms with van der Waals surface area (Å²) in [7, 11) is 0. The third-order valence-electron chi connectivity index (χ3n) is 6.87. The highest BCUT2D eigenvalue weighted by molar-refractivity contribution is 5.48. The minimum atomic E-state index is 0.532. The average Bonchev–Trinajstić information content (AvgIpc) is 2.79. The van der Waals surface area contributed by atoms with Gasteiger partial charge in [0.15, 0.2) is 0 Å². The van der Waals surface area contributed by atoms with Gasteiger partial charge in [-0.1, -0.05) is 49.4 Å². The molecule has 0 amide bonds. The molecular weight excluding hydrogens is 342 g/mol. The molecule has 1 atom stereocenters. The second-order valence-corrected chi connectivity index (χ2v) is 8.40. The van der Waals surface area contributed by atoms with Crippen LogP contribution in [0.2, 0.25) is 0 Å². The highest BCUT2D eigenvalue weighted by atomic mass is 15.3. The summed E-state index contributed by atoms with van der Waals surface area (Å²) in [5.41, 5.74) is 4.27. The van der Waals surface area contributed by atoms with Crippen molar-refractivity contribution in [2.45, 2.75) is 45.2 Å². The van der Waals surface area contributed by atoms with Gasteiger partial charge in [0.1, 0.15) is 0 Å². The Morgan fingerprint density at radius 3 is 2.07 bits per heavy atom. The second kappa shape index (κ2) is 9.11. The number of likely N-dealkylation sites (tertiary alicyclic amines) is 1. The Bertz CT molecular complexity index is 711. The van der Waals surface area contributed by atoms with Crippen LogP contribution in [-0.2, 0) is 6.42 Å². The predicted molar refractivity (Wildman–Crippen MR) is 119 cm³/mol. The van der Waals surface area contributed by atoms with E-state index in [1.165, 1.54) is 55.8 Å². The molecule has 150 valence electrons. The first-order valence-electron chi connectivity index (χ1n) is 11.1. The quantitative estimate of drug-likeness (QED) is 0.754. The van der Waals surface area contributed by atoms with E-state index < -0.39 is 0 Å². The number of piperazine rings is 1. The van der Waals surface area contributed by atoms with Crippen molar-refractivity contribution < 1.29 is 0 Å². The molecule has 2 fully saturated rings. The molecule has 2 aliphatic heterocycles. The molecule has 0 saturated carbocycles. The van der Waals surface area contributed by atoms with Gasteiger partial charge < -0.3 is 4.90 Å². The normalized spacial score (nSPS) is 21.0. The van der Waals surface area contributed by atoms with E-state index in [4.69, 9.17) is 0 Å². The van der Waals surface area contributed by atoms with Crippen molar-refractivity contribution in [1.82, 2.24) is 9.80 Å². The van der Waals surface area contributed by atoms with Gasteiger partial charge in [0, 0.05) is 57.0 Å². The molecule has 0 radical (unpaired) electrons. The predicted octanol–water partition coefficient (Wildman–Crippen LogP) is 4.60. The van der Waals surface area contributed by atoms with Crippen molar-refractivity contribution in [3.8, 4) is 0 Å². The van der Waals surface area contributed by atoms with Crippen molar-refractivity contribution in [3.63, 3.8) is 0 Å². The topological polar surface area (TPSA) is 9.72 Å². The zero-order valence-corrected chi connectivity index (χ0v) is 17.6. The van der Waals surface area contributed by atoms with E-state index in [1.54, 1.807) is 0 Å². The van der Waals surface area contributed by atoms with Gasteiger partial charge in [0.05, 0.1) is 0 Å².